The van der Waals surface area contributed by atoms with Crippen molar-refractivity contribution in [2.75, 3.05) is 0 Å². The Morgan fingerprint density at radius 1 is 1.05 bits per heavy atom. The molecule has 1 N–H and O–H groups in total. The van der Waals surface area contributed by atoms with E-state index in [9.17, 15) is 5.11 Å². The predicted octanol–water partition coefficient (Wildman–Crippen LogP) is 4.28. The van der Waals surface area contributed by atoms with Crippen molar-refractivity contribution in [2.24, 2.45) is 0 Å². The zero-order chi connectivity index (χ0) is 14.0. The highest BCUT2D eigenvalue weighted by atomic mass is 35.5. The van der Waals surface area contributed by atoms with Gasteiger partial charge < -0.3 is 5.11 Å². The summed E-state index contributed by atoms with van der Waals surface area (Å²) in [5.74, 6) is 0. The summed E-state index contributed by atoms with van der Waals surface area (Å²) >= 11 is 11.8. The van der Waals surface area contributed by atoms with Crippen LogP contribution in [-0.4, -0.2) is 10.1 Å². The van der Waals surface area contributed by atoms with Crippen molar-refractivity contribution in [3.8, 4) is 0 Å². The zero-order valence-electron chi connectivity index (χ0n) is 10.8. The molecule has 0 aliphatic heterocycles. The number of halogens is 2. The topological polar surface area (TPSA) is 33.1 Å². The summed E-state index contributed by atoms with van der Waals surface area (Å²) in [6, 6.07) is 9.20. The van der Waals surface area contributed by atoms with Gasteiger partial charge in [-0.15, -0.1) is 0 Å². The van der Waals surface area contributed by atoms with E-state index in [4.69, 9.17) is 23.2 Å². The van der Waals surface area contributed by atoms with Crippen LogP contribution in [0.4, 0.5) is 0 Å². The van der Waals surface area contributed by atoms with E-state index in [0.29, 0.717) is 16.5 Å². The van der Waals surface area contributed by atoms with Gasteiger partial charge in [-0.3, -0.25) is 4.98 Å². The molecule has 2 aromatic rings. The molecule has 0 fully saturated rings. The van der Waals surface area contributed by atoms with Crippen LogP contribution in [0.15, 0.2) is 30.3 Å². The van der Waals surface area contributed by atoms with Gasteiger partial charge in [0.1, 0.15) is 0 Å². The van der Waals surface area contributed by atoms with E-state index in [1.807, 2.05) is 32.0 Å². The first-order chi connectivity index (χ1) is 8.95. The van der Waals surface area contributed by atoms with Gasteiger partial charge in [0.2, 0.25) is 0 Å². The monoisotopic (exact) mass is 295 g/mol. The molecule has 1 atom stereocenters. The van der Waals surface area contributed by atoms with Gasteiger partial charge in [0.05, 0.1) is 16.1 Å². The largest absolute Gasteiger partial charge is 0.388 e. The summed E-state index contributed by atoms with van der Waals surface area (Å²) < 4.78 is 0. The third-order valence-corrected chi connectivity index (χ3v) is 3.64. The van der Waals surface area contributed by atoms with Gasteiger partial charge in [0.25, 0.3) is 0 Å². The maximum Gasteiger partial charge on any atom is 0.0831 e. The Kier molecular flexibility index (Phi) is 4.46. The molecule has 2 nitrogen and oxygen atoms in total. The third kappa shape index (κ3) is 3.69. The minimum absolute atomic E-state index is 0.500. The van der Waals surface area contributed by atoms with Crippen LogP contribution in [0.3, 0.4) is 0 Å². The van der Waals surface area contributed by atoms with Crippen molar-refractivity contribution >= 4 is 23.2 Å². The summed E-state index contributed by atoms with van der Waals surface area (Å²) in [6.45, 7) is 3.84. The van der Waals surface area contributed by atoms with E-state index in [1.54, 1.807) is 12.1 Å². The fraction of sp³-hybridized carbons (Fsp3) is 0.267. The van der Waals surface area contributed by atoms with Gasteiger partial charge in [0.15, 0.2) is 0 Å². The lowest BCUT2D eigenvalue weighted by Gasteiger charge is -2.13. The number of aliphatic hydroxyl groups is 1. The Morgan fingerprint density at radius 2 is 1.68 bits per heavy atom. The number of aliphatic hydroxyl groups excluding tert-OH is 1. The summed E-state index contributed by atoms with van der Waals surface area (Å²) in [5.41, 5.74) is 3.64. The highest BCUT2D eigenvalue weighted by Crippen LogP contribution is 2.26. The van der Waals surface area contributed by atoms with E-state index < -0.39 is 6.10 Å². The van der Waals surface area contributed by atoms with E-state index in [-0.39, 0.29) is 0 Å². The highest BCUT2D eigenvalue weighted by molar-refractivity contribution is 6.42. The Morgan fingerprint density at radius 3 is 2.26 bits per heavy atom. The molecule has 0 bridgehead atoms. The van der Waals surface area contributed by atoms with E-state index in [2.05, 4.69) is 4.98 Å². The quantitative estimate of drug-likeness (QED) is 0.917. The molecule has 1 heterocycles. The van der Waals surface area contributed by atoms with Crippen LogP contribution in [-0.2, 0) is 6.42 Å². The summed E-state index contributed by atoms with van der Waals surface area (Å²) in [7, 11) is 0. The molecule has 100 valence electrons. The Hall–Kier alpha value is -1.09. The van der Waals surface area contributed by atoms with Gasteiger partial charge in [-0.2, -0.15) is 0 Å². The average molecular weight is 296 g/mol. The lowest BCUT2D eigenvalue weighted by molar-refractivity contribution is 0.178. The fourth-order valence-electron chi connectivity index (χ4n) is 2.07. The lowest BCUT2D eigenvalue weighted by atomic mass is 10.0. The van der Waals surface area contributed by atoms with Crippen LogP contribution in [0, 0.1) is 13.8 Å². The second-order valence-electron chi connectivity index (χ2n) is 4.65. The smallest absolute Gasteiger partial charge is 0.0831 e. The normalized spacial score (nSPS) is 12.5. The third-order valence-electron chi connectivity index (χ3n) is 2.90. The number of pyridine rings is 1. The van der Waals surface area contributed by atoms with Gasteiger partial charge >= 0.3 is 0 Å². The van der Waals surface area contributed by atoms with E-state index in [0.717, 1.165) is 22.5 Å². The maximum absolute atomic E-state index is 10.3. The first kappa shape index (κ1) is 14.3. The van der Waals surface area contributed by atoms with Crippen molar-refractivity contribution in [1.29, 1.82) is 0 Å². The number of hydrogen-bond donors (Lipinski definition) is 1. The number of benzene rings is 1. The molecule has 1 aromatic carbocycles. The molecule has 0 aliphatic rings. The number of rotatable bonds is 3. The molecule has 1 aromatic heterocycles. The standard InChI is InChI=1S/C15H15Cl2NO/c1-9-5-12(6-10(2)18-9)15(19)8-11-3-4-13(16)14(17)7-11/h3-7,15,19H,8H2,1-2H3. The number of aromatic nitrogens is 1. The van der Waals surface area contributed by atoms with Crippen molar-refractivity contribution in [1.82, 2.24) is 4.98 Å². The minimum Gasteiger partial charge on any atom is -0.388 e. The van der Waals surface area contributed by atoms with Crippen molar-refractivity contribution in [3.05, 3.63) is 62.9 Å². The SMILES string of the molecule is Cc1cc(C(O)Cc2ccc(Cl)c(Cl)c2)cc(C)n1. The lowest BCUT2D eigenvalue weighted by Crippen LogP contribution is -2.03. The second-order valence-corrected chi connectivity index (χ2v) is 5.47. The Balaban J connectivity index is 2.20. The molecule has 1 unspecified atom stereocenters. The van der Waals surface area contributed by atoms with Crippen LogP contribution in [0.2, 0.25) is 10.0 Å². The van der Waals surface area contributed by atoms with Gasteiger partial charge in [-0.1, -0.05) is 29.3 Å². The van der Waals surface area contributed by atoms with E-state index >= 15 is 0 Å². The molecule has 0 radical (unpaired) electrons. The summed E-state index contributed by atoms with van der Waals surface area (Å²) in [4.78, 5) is 4.30. The van der Waals surface area contributed by atoms with Crippen LogP contribution >= 0.6 is 23.2 Å². The van der Waals surface area contributed by atoms with E-state index in [1.165, 1.54) is 0 Å². The fourth-order valence-corrected chi connectivity index (χ4v) is 2.39. The molecule has 0 saturated heterocycles. The molecule has 19 heavy (non-hydrogen) atoms. The molecule has 0 saturated carbocycles. The van der Waals surface area contributed by atoms with Crippen LogP contribution in [0.25, 0.3) is 0 Å². The molecule has 0 amide bonds. The molecule has 4 heteroatoms. The molecule has 0 aliphatic carbocycles. The minimum atomic E-state index is -0.572. The first-order valence-electron chi connectivity index (χ1n) is 6.03. The molecule has 2 rings (SSSR count). The number of nitrogens with zero attached hydrogens (tertiary/aromatic N) is 1. The van der Waals surface area contributed by atoms with Crippen molar-refractivity contribution in [3.63, 3.8) is 0 Å². The molecule has 0 spiro atoms. The predicted molar refractivity (Wildman–Crippen MR) is 78.8 cm³/mol. The van der Waals surface area contributed by atoms with Gasteiger partial charge in [-0.05, 0) is 49.2 Å². The summed E-state index contributed by atoms with van der Waals surface area (Å²) in [6.07, 6.45) is -0.0718. The average Bonchev–Trinajstić information content (AvgIpc) is 2.32. The molecular formula is C15H15Cl2NO. The maximum atomic E-state index is 10.3. The van der Waals surface area contributed by atoms with Crippen molar-refractivity contribution < 1.29 is 5.11 Å². The van der Waals surface area contributed by atoms with Crippen LogP contribution in [0.5, 0.6) is 0 Å². The zero-order valence-corrected chi connectivity index (χ0v) is 12.3. The number of hydrogen-bond acceptors (Lipinski definition) is 2. The molecular weight excluding hydrogens is 281 g/mol. The number of aryl methyl sites for hydroxylation is 2. The second kappa shape index (κ2) is 5.91. The van der Waals surface area contributed by atoms with Crippen LogP contribution < -0.4 is 0 Å². The highest BCUT2D eigenvalue weighted by Gasteiger charge is 2.11. The first-order valence-corrected chi connectivity index (χ1v) is 6.78. The Labute approximate surface area is 123 Å². The Bertz CT molecular complexity index is 578. The van der Waals surface area contributed by atoms with Crippen LogP contribution in [0.1, 0.15) is 28.6 Å². The van der Waals surface area contributed by atoms with Gasteiger partial charge in [-0.25, -0.2) is 0 Å². The summed E-state index contributed by atoms with van der Waals surface area (Å²) in [5, 5.41) is 11.3. The van der Waals surface area contributed by atoms with Crippen molar-refractivity contribution in [2.45, 2.75) is 26.4 Å². The van der Waals surface area contributed by atoms with Gasteiger partial charge in [0, 0.05) is 17.8 Å².